The Balaban J connectivity index is 1.36. The van der Waals surface area contributed by atoms with E-state index in [0.717, 1.165) is 17.7 Å². The number of halogens is 2. The highest BCUT2D eigenvalue weighted by Gasteiger charge is 2.23. The molecule has 0 spiro atoms. The van der Waals surface area contributed by atoms with E-state index in [1.807, 2.05) is 35.2 Å². The zero-order valence-corrected chi connectivity index (χ0v) is 18.2. The van der Waals surface area contributed by atoms with E-state index >= 15 is 0 Å². The van der Waals surface area contributed by atoms with Gasteiger partial charge in [-0.1, -0.05) is 0 Å². The fourth-order valence-corrected chi connectivity index (χ4v) is 3.57. The number of hydrogen-bond acceptors (Lipinski definition) is 6. The van der Waals surface area contributed by atoms with Gasteiger partial charge in [-0.2, -0.15) is 0 Å². The van der Waals surface area contributed by atoms with Gasteiger partial charge in [-0.05, 0) is 42.5 Å². The number of nitrogens with one attached hydrogen (secondary N) is 1. The van der Waals surface area contributed by atoms with Crippen molar-refractivity contribution in [3.05, 3.63) is 60.2 Å². The molecular weight excluding hydrogens is 432 g/mol. The predicted octanol–water partition coefficient (Wildman–Crippen LogP) is 3.79. The monoisotopic (exact) mass is 455 g/mol. The molecule has 3 aromatic rings. The van der Waals surface area contributed by atoms with Crippen molar-refractivity contribution < 1.29 is 23.0 Å². The summed E-state index contributed by atoms with van der Waals surface area (Å²) in [6.07, 6.45) is 0. The quantitative estimate of drug-likeness (QED) is 0.631. The summed E-state index contributed by atoms with van der Waals surface area (Å²) in [6.45, 7) is 1.94. The normalized spacial score (nSPS) is 13.6. The first-order valence-electron chi connectivity index (χ1n) is 10.3. The third-order valence-corrected chi connectivity index (χ3v) is 5.39. The number of methoxy groups -OCH3 is 2. The number of aromatic nitrogens is 2. The van der Waals surface area contributed by atoms with Crippen molar-refractivity contribution in [1.82, 2.24) is 15.1 Å². The van der Waals surface area contributed by atoms with Crippen LogP contribution in [0.5, 0.6) is 11.5 Å². The number of ether oxygens (including phenoxy) is 2. The third kappa shape index (κ3) is 4.94. The van der Waals surface area contributed by atoms with Crippen molar-refractivity contribution in [3.8, 4) is 22.8 Å². The SMILES string of the molecule is COc1ccc(-c2ccc(N3CCN(C(=O)Nc4ccc(F)cc4F)CC3)nn2)cc1OC. The Morgan fingerprint density at radius 3 is 2.30 bits per heavy atom. The van der Waals surface area contributed by atoms with Crippen LogP contribution in [0, 0.1) is 11.6 Å². The lowest BCUT2D eigenvalue weighted by atomic mass is 10.1. The molecule has 0 atom stereocenters. The van der Waals surface area contributed by atoms with E-state index in [2.05, 4.69) is 15.5 Å². The molecule has 172 valence electrons. The fraction of sp³-hybridized carbons (Fsp3) is 0.261. The highest BCUT2D eigenvalue weighted by atomic mass is 19.1. The van der Waals surface area contributed by atoms with Crippen molar-refractivity contribution in [1.29, 1.82) is 0 Å². The van der Waals surface area contributed by atoms with Crippen LogP contribution >= 0.6 is 0 Å². The smallest absolute Gasteiger partial charge is 0.322 e. The van der Waals surface area contributed by atoms with Gasteiger partial charge in [-0.25, -0.2) is 13.6 Å². The Labute approximate surface area is 189 Å². The number of rotatable bonds is 5. The van der Waals surface area contributed by atoms with E-state index in [1.165, 1.54) is 6.07 Å². The van der Waals surface area contributed by atoms with Crippen LogP contribution in [-0.2, 0) is 0 Å². The Hall–Kier alpha value is -3.95. The molecule has 2 amide bonds. The van der Waals surface area contributed by atoms with E-state index in [4.69, 9.17) is 9.47 Å². The number of nitrogens with zero attached hydrogens (tertiary/aromatic N) is 4. The summed E-state index contributed by atoms with van der Waals surface area (Å²) in [7, 11) is 3.16. The van der Waals surface area contributed by atoms with Gasteiger partial charge in [0.15, 0.2) is 17.3 Å². The number of hydrogen-bond donors (Lipinski definition) is 1. The summed E-state index contributed by atoms with van der Waals surface area (Å²) in [6, 6.07) is 11.9. The highest BCUT2D eigenvalue weighted by molar-refractivity contribution is 5.89. The first-order valence-corrected chi connectivity index (χ1v) is 10.3. The summed E-state index contributed by atoms with van der Waals surface area (Å²) in [5.74, 6) is 0.429. The lowest BCUT2D eigenvalue weighted by Crippen LogP contribution is -2.50. The molecular formula is C23H23F2N5O3. The molecule has 1 fully saturated rings. The molecule has 1 aromatic heterocycles. The number of carbonyl (C=O) groups excluding carboxylic acids is 1. The second-order valence-electron chi connectivity index (χ2n) is 7.37. The summed E-state index contributed by atoms with van der Waals surface area (Å²) < 4.78 is 37.4. The van der Waals surface area contributed by atoms with Crippen LogP contribution in [0.25, 0.3) is 11.3 Å². The predicted molar refractivity (Wildman–Crippen MR) is 120 cm³/mol. The van der Waals surface area contributed by atoms with Crippen molar-refractivity contribution in [2.24, 2.45) is 0 Å². The lowest BCUT2D eigenvalue weighted by molar-refractivity contribution is 0.208. The molecule has 0 radical (unpaired) electrons. The van der Waals surface area contributed by atoms with Crippen LogP contribution < -0.4 is 19.7 Å². The van der Waals surface area contributed by atoms with Crippen LogP contribution in [0.1, 0.15) is 0 Å². The van der Waals surface area contributed by atoms with E-state index in [0.29, 0.717) is 49.2 Å². The molecule has 1 aliphatic rings. The number of urea groups is 1. The maximum Gasteiger partial charge on any atom is 0.322 e. The average molecular weight is 455 g/mol. The molecule has 0 bridgehead atoms. The molecule has 33 heavy (non-hydrogen) atoms. The standard InChI is InChI=1S/C23H23F2N5O3/c1-32-20-7-3-15(13-21(20)33-2)18-6-8-22(28-27-18)29-9-11-30(12-10-29)23(31)26-19-5-4-16(24)14-17(19)25/h3-8,13-14H,9-12H2,1-2H3,(H,26,31). The third-order valence-electron chi connectivity index (χ3n) is 5.39. The molecule has 0 saturated carbocycles. The number of benzene rings is 2. The second-order valence-corrected chi connectivity index (χ2v) is 7.37. The van der Waals surface area contributed by atoms with Gasteiger partial charge in [0.2, 0.25) is 0 Å². The van der Waals surface area contributed by atoms with Gasteiger partial charge in [0.05, 0.1) is 25.6 Å². The first kappa shape index (κ1) is 22.3. The summed E-state index contributed by atoms with van der Waals surface area (Å²) >= 11 is 0. The van der Waals surface area contributed by atoms with E-state index in [1.54, 1.807) is 19.1 Å². The molecule has 1 aliphatic heterocycles. The first-order chi connectivity index (χ1) is 16.0. The molecule has 2 heterocycles. The number of anilines is 2. The Morgan fingerprint density at radius 1 is 0.909 bits per heavy atom. The Morgan fingerprint density at radius 2 is 1.67 bits per heavy atom. The zero-order chi connectivity index (χ0) is 23.4. The summed E-state index contributed by atoms with van der Waals surface area (Å²) in [5.41, 5.74) is 1.49. The molecule has 1 saturated heterocycles. The topological polar surface area (TPSA) is 79.8 Å². The molecule has 2 aromatic carbocycles. The van der Waals surface area contributed by atoms with E-state index in [-0.39, 0.29) is 5.69 Å². The Bertz CT molecular complexity index is 1140. The van der Waals surface area contributed by atoms with Gasteiger partial charge in [-0.3, -0.25) is 0 Å². The zero-order valence-electron chi connectivity index (χ0n) is 18.2. The molecule has 8 nitrogen and oxygen atoms in total. The van der Waals surface area contributed by atoms with Crippen LogP contribution in [-0.4, -0.2) is 61.5 Å². The van der Waals surface area contributed by atoms with Crippen LogP contribution in [0.2, 0.25) is 0 Å². The van der Waals surface area contributed by atoms with Crippen molar-refractivity contribution in [2.45, 2.75) is 0 Å². The molecule has 1 N–H and O–H groups in total. The molecule has 0 unspecified atom stereocenters. The van der Waals surface area contributed by atoms with Gasteiger partial charge in [-0.15, -0.1) is 10.2 Å². The second kappa shape index (κ2) is 9.68. The van der Waals surface area contributed by atoms with E-state index < -0.39 is 17.7 Å². The van der Waals surface area contributed by atoms with Gasteiger partial charge < -0.3 is 24.6 Å². The number of piperazine rings is 1. The van der Waals surface area contributed by atoms with Crippen LogP contribution in [0.4, 0.5) is 25.1 Å². The molecule has 4 rings (SSSR count). The maximum atomic E-state index is 13.8. The minimum atomic E-state index is -0.813. The molecule has 10 heteroatoms. The average Bonchev–Trinajstić information content (AvgIpc) is 2.85. The summed E-state index contributed by atoms with van der Waals surface area (Å²) in [4.78, 5) is 16.0. The van der Waals surface area contributed by atoms with Crippen LogP contribution in [0.3, 0.4) is 0 Å². The van der Waals surface area contributed by atoms with Crippen molar-refractivity contribution >= 4 is 17.5 Å². The minimum Gasteiger partial charge on any atom is -0.493 e. The van der Waals surface area contributed by atoms with Gasteiger partial charge in [0.25, 0.3) is 0 Å². The molecule has 0 aliphatic carbocycles. The number of amides is 2. The van der Waals surface area contributed by atoms with Gasteiger partial charge in [0, 0.05) is 37.8 Å². The lowest BCUT2D eigenvalue weighted by Gasteiger charge is -2.35. The van der Waals surface area contributed by atoms with E-state index in [9.17, 15) is 13.6 Å². The largest absolute Gasteiger partial charge is 0.493 e. The van der Waals surface area contributed by atoms with Crippen molar-refractivity contribution in [3.63, 3.8) is 0 Å². The summed E-state index contributed by atoms with van der Waals surface area (Å²) in [5, 5.41) is 11.1. The van der Waals surface area contributed by atoms with Gasteiger partial charge >= 0.3 is 6.03 Å². The minimum absolute atomic E-state index is 0.0551. The number of carbonyl (C=O) groups is 1. The van der Waals surface area contributed by atoms with Crippen molar-refractivity contribution in [2.75, 3.05) is 50.6 Å². The highest BCUT2D eigenvalue weighted by Crippen LogP contribution is 2.31. The fourth-order valence-electron chi connectivity index (χ4n) is 3.57. The van der Waals surface area contributed by atoms with Gasteiger partial charge in [0.1, 0.15) is 11.6 Å². The maximum absolute atomic E-state index is 13.8. The van der Waals surface area contributed by atoms with Crippen LogP contribution in [0.15, 0.2) is 48.5 Å². The Kier molecular flexibility index (Phi) is 6.53.